The molecule has 3 atom stereocenters. The van der Waals surface area contributed by atoms with Crippen LogP contribution in [0.15, 0.2) is 54.6 Å². The Morgan fingerprint density at radius 2 is 1.83 bits per heavy atom. The van der Waals surface area contributed by atoms with Gasteiger partial charge in [-0.1, -0.05) is 48.5 Å². The summed E-state index contributed by atoms with van der Waals surface area (Å²) < 4.78 is 14.1. The second-order valence-corrected chi connectivity index (χ2v) is 7.32. The fourth-order valence-corrected chi connectivity index (χ4v) is 4.66. The van der Waals surface area contributed by atoms with Gasteiger partial charge in [0.15, 0.2) is 0 Å². The molecule has 0 unspecified atom stereocenters. The molecular formula is C19H18FNOS. The summed E-state index contributed by atoms with van der Waals surface area (Å²) in [6.07, 6.45) is 0.911. The molecule has 23 heavy (non-hydrogen) atoms. The highest BCUT2D eigenvalue weighted by molar-refractivity contribution is 7.99. The van der Waals surface area contributed by atoms with Crippen molar-refractivity contribution in [1.82, 2.24) is 4.90 Å². The number of nitrogens with zero attached hydrogens (tertiary/aromatic N) is 1. The third-order valence-corrected chi connectivity index (χ3v) is 5.92. The van der Waals surface area contributed by atoms with Gasteiger partial charge in [0.2, 0.25) is 5.91 Å². The molecule has 2 aromatic rings. The van der Waals surface area contributed by atoms with Crippen LogP contribution in [-0.4, -0.2) is 23.1 Å². The SMILES string of the molecule is O=C([C@@H]1C[C@H]1c1ccccc1)N1CCS[C@@H]1c1ccccc1F. The second-order valence-electron chi connectivity index (χ2n) is 6.14. The Morgan fingerprint density at radius 1 is 1.09 bits per heavy atom. The van der Waals surface area contributed by atoms with Crippen LogP contribution in [0.5, 0.6) is 0 Å². The van der Waals surface area contributed by atoms with Gasteiger partial charge in [-0.2, -0.15) is 0 Å². The third-order valence-electron chi connectivity index (χ3n) is 4.68. The molecule has 118 valence electrons. The molecular weight excluding hydrogens is 309 g/mol. The summed E-state index contributed by atoms with van der Waals surface area (Å²) in [5, 5.41) is -0.180. The quantitative estimate of drug-likeness (QED) is 0.842. The van der Waals surface area contributed by atoms with Gasteiger partial charge in [0.1, 0.15) is 11.2 Å². The maximum absolute atomic E-state index is 14.1. The Balaban J connectivity index is 1.52. The number of carbonyl (C=O) groups excluding carboxylic acids is 1. The molecule has 2 aliphatic rings. The van der Waals surface area contributed by atoms with E-state index in [2.05, 4.69) is 12.1 Å². The van der Waals surface area contributed by atoms with Crippen molar-refractivity contribution in [3.63, 3.8) is 0 Å². The van der Waals surface area contributed by atoms with Gasteiger partial charge >= 0.3 is 0 Å². The van der Waals surface area contributed by atoms with E-state index in [0.29, 0.717) is 18.0 Å². The first-order chi connectivity index (χ1) is 11.3. The first kappa shape index (κ1) is 14.8. The molecule has 4 heteroatoms. The molecule has 1 heterocycles. The minimum atomic E-state index is -0.222. The zero-order chi connectivity index (χ0) is 15.8. The Morgan fingerprint density at radius 3 is 2.61 bits per heavy atom. The van der Waals surface area contributed by atoms with Crippen LogP contribution in [0.2, 0.25) is 0 Å². The molecule has 0 aromatic heterocycles. The van der Waals surface area contributed by atoms with Crippen molar-refractivity contribution in [3.8, 4) is 0 Å². The van der Waals surface area contributed by atoms with Gasteiger partial charge < -0.3 is 4.90 Å². The van der Waals surface area contributed by atoms with E-state index in [-0.39, 0.29) is 23.0 Å². The van der Waals surface area contributed by atoms with E-state index in [1.54, 1.807) is 23.9 Å². The molecule has 1 aliphatic carbocycles. The highest BCUT2D eigenvalue weighted by atomic mass is 32.2. The van der Waals surface area contributed by atoms with Gasteiger partial charge in [0.05, 0.1) is 0 Å². The van der Waals surface area contributed by atoms with Crippen LogP contribution in [0.3, 0.4) is 0 Å². The van der Waals surface area contributed by atoms with Gasteiger partial charge in [-0.15, -0.1) is 11.8 Å². The zero-order valence-corrected chi connectivity index (χ0v) is 13.5. The fourth-order valence-electron chi connectivity index (χ4n) is 3.38. The van der Waals surface area contributed by atoms with Crippen molar-refractivity contribution in [2.75, 3.05) is 12.3 Å². The average Bonchev–Trinajstić information content (AvgIpc) is 3.25. The van der Waals surface area contributed by atoms with Gasteiger partial charge in [0, 0.05) is 23.8 Å². The van der Waals surface area contributed by atoms with Crippen LogP contribution in [-0.2, 0) is 4.79 Å². The van der Waals surface area contributed by atoms with E-state index < -0.39 is 0 Å². The summed E-state index contributed by atoms with van der Waals surface area (Å²) >= 11 is 1.65. The van der Waals surface area contributed by atoms with Crippen molar-refractivity contribution in [1.29, 1.82) is 0 Å². The first-order valence-corrected chi connectivity index (χ1v) is 9.02. The minimum absolute atomic E-state index is 0.0605. The lowest BCUT2D eigenvalue weighted by Crippen LogP contribution is -2.32. The van der Waals surface area contributed by atoms with Crippen LogP contribution >= 0.6 is 11.8 Å². The van der Waals surface area contributed by atoms with E-state index in [1.807, 2.05) is 29.2 Å². The second kappa shape index (κ2) is 6.00. The van der Waals surface area contributed by atoms with Gasteiger partial charge in [-0.05, 0) is 24.0 Å². The maximum Gasteiger partial charge on any atom is 0.227 e. The van der Waals surface area contributed by atoms with E-state index in [9.17, 15) is 9.18 Å². The summed E-state index contributed by atoms with van der Waals surface area (Å²) in [4.78, 5) is 14.7. The minimum Gasteiger partial charge on any atom is -0.325 e. The molecule has 4 rings (SSSR count). The molecule has 0 bridgehead atoms. The van der Waals surface area contributed by atoms with Crippen molar-refractivity contribution < 1.29 is 9.18 Å². The Kier molecular flexibility index (Phi) is 3.85. The molecule has 1 amide bonds. The Labute approximate surface area is 139 Å². The van der Waals surface area contributed by atoms with Crippen LogP contribution < -0.4 is 0 Å². The number of hydrogen-bond donors (Lipinski definition) is 0. The fraction of sp³-hybridized carbons (Fsp3) is 0.316. The van der Waals surface area contributed by atoms with E-state index in [4.69, 9.17) is 0 Å². The lowest BCUT2D eigenvalue weighted by molar-refractivity contribution is -0.132. The Hall–Kier alpha value is -1.81. The number of hydrogen-bond acceptors (Lipinski definition) is 2. The summed E-state index contributed by atoms with van der Waals surface area (Å²) in [6, 6.07) is 17.0. The van der Waals surface area contributed by atoms with Crippen molar-refractivity contribution >= 4 is 17.7 Å². The average molecular weight is 327 g/mol. The number of benzene rings is 2. The molecule has 2 aromatic carbocycles. The highest BCUT2D eigenvalue weighted by Gasteiger charge is 2.48. The molecule has 0 radical (unpaired) electrons. The number of amides is 1. The first-order valence-electron chi connectivity index (χ1n) is 7.97. The summed E-state index contributed by atoms with van der Waals surface area (Å²) in [5.74, 6) is 1.21. The highest BCUT2D eigenvalue weighted by Crippen LogP contribution is 2.51. The summed E-state index contributed by atoms with van der Waals surface area (Å²) in [5.41, 5.74) is 1.86. The van der Waals surface area contributed by atoms with Crippen molar-refractivity contribution in [2.24, 2.45) is 5.92 Å². The van der Waals surface area contributed by atoms with Gasteiger partial charge in [-0.25, -0.2) is 4.39 Å². The number of halogens is 1. The third kappa shape index (κ3) is 2.76. The van der Waals surface area contributed by atoms with Crippen LogP contribution in [0, 0.1) is 11.7 Å². The lowest BCUT2D eigenvalue weighted by atomic mass is 10.1. The maximum atomic E-state index is 14.1. The van der Waals surface area contributed by atoms with Crippen molar-refractivity contribution in [2.45, 2.75) is 17.7 Å². The number of thioether (sulfide) groups is 1. The number of rotatable bonds is 3. The summed E-state index contributed by atoms with van der Waals surface area (Å²) in [6.45, 7) is 0.709. The monoisotopic (exact) mass is 327 g/mol. The normalized spacial score (nSPS) is 26.3. The molecule has 1 aliphatic heterocycles. The number of carbonyl (C=O) groups is 1. The predicted molar refractivity (Wildman–Crippen MR) is 90.6 cm³/mol. The van der Waals surface area contributed by atoms with Crippen LogP contribution in [0.4, 0.5) is 4.39 Å². The van der Waals surface area contributed by atoms with Crippen LogP contribution in [0.25, 0.3) is 0 Å². The molecule has 2 fully saturated rings. The Bertz CT molecular complexity index is 720. The van der Waals surface area contributed by atoms with Gasteiger partial charge in [-0.3, -0.25) is 4.79 Å². The van der Waals surface area contributed by atoms with E-state index in [1.165, 1.54) is 11.6 Å². The summed E-state index contributed by atoms with van der Waals surface area (Å²) in [7, 11) is 0. The molecule has 0 spiro atoms. The molecule has 0 N–H and O–H groups in total. The van der Waals surface area contributed by atoms with Gasteiger partial charge in [0.25, 0.3) is 0 Å². The molecule has 2 nitrogen and oxygen atoms in total. The largest absolute Gasteiger partial charge is 0.325 e. The van der Waals surface area contributed by atoms with E-state index >= 15 is 0 Å². The van der Waals surface area contributed by atoms with E-state index in [0.717, 1.165) is 12.2 Å². The lowest BCUT2D eigenvalue weighted by Gasteiger charge is -2.24. The van der Waals surface area contributed by atoms with Crippen LogP contribution in [0.1, 0.15) is 28.8 Å². The standard InChI is InChI=1S/C19H18FNOS/c20-17-9-5-4-8-14(17)19-21(10-11-23-19)18(22)16-12-15(16)13-6-2-1-3-7-13/h1-9,15-16,19H,10-12H2/t15-,16+,19+/m0/s1. The predicted octanol–water partition coefficient (Wildman–Crippen LogP) is 4.20. The van der Waals surface area contributed by atoms with Crippen molar-refractivity contribution in [3.05, 3.63) is 71.5 Å². The smallest absolute Gasteiger partial charge is 0.227 e. The zero-order valence-electron chi connectivity index (χ0n) is 12.7. The molecule has 1 saturated heterocycles. The topological polar surface area (TPSA) is 20.3 Å². The molecule has 1 saturated carbocycles.